The van der Waals surface area contributed by atoms with Crippen molar-refractivity contribution in [3.8, 4) is 0 Å². The summed E-state index contributed by atoms with van der Waals surface area (Å²) in [5.74, 6) is -0.812. The summed E-state index contributed by atoms with van der Waals surface area (Å²) in [7, 11) is -2.52. The molecule has 7 heteroatoms. The van der Waals surface area contributed by atoms with Gasteiger partial charge in [-0.05, 0) is 30.2 Å². The lowest BCUT2D eigenvalue weighted by Crippen LogP contribution is -2.44. The number of carbonyl (C=O) groups excluding carboxylic acids is 1. The smallest absolute Gasteiger partial charge is 0.324 e. The van der Waals surface area contributed by atoms with E-state index in [-0.39, 0.29) is 10.8 Å². The monoisotopic (exact) mass is 349 g/mol. The van der Waals surface area contributed by atoms with Gasteiger partial charge in [-0.15, -0.1) is 0 Å². The number of rotatable bonds is 5. The van der Waals surface area contributed by atoms with Gasteiger partial charge in [0.15, 0.2) is 0 Å². The third-order valence-corrected chi connectivity index (χ3v) is 4.51. The maximum atomic E-state index is 12.1. The minimum Gasteiger partial charge on any atom is -0.468 e. The highest BCUT2D eigenvalue weighted by Gasteiger charge is 2.28. The largest absolute Gasteiger partial charge is 0.468 e. The van der Waals surface area contributed by atoms with Gasteiger partial charge in [-0.2, -0.15) is 4.72 Å². The Labute approximate surface area is 121 Å². The summed E-state index contributed by atoms with van der Waals surface area (Å²) in [5, 5.41) is 0. The Morgan fingerprint density at radius 2 is 1.79 bits per heavy atom. The van der Waals surface area contributed by atoms with E-state index in [1.165, 1.54) is 19.2 Å². The maximum absolute atomic E-state index is 12.1. The van der Waals surface area contributed by atoms with Crippen LogP contribution in [0.5, 0.6) is 0 Å². The predicted octanol–water partition coefficient (Wildman–Crippen LogP) is 1.92. The Morgan fingerprint density at radius 1 is 1.26 bits per heavy atom. The quantitative estimate of drug-likeness (QED) is 0.824. The van der Waals surface area contributed by atoms with Crippen molar-refractivity contribution in [2.45, 2.75) is 24.8 Å². The number of sulfonamides is 1. The van der Waals surface area contributed by atoms with Gasteiger partial charge in [0.2, 0.25) is 10.0 Å². The van der Waals surface area contributed by atoms with E-state index in [4.69, 9.17) is 0 Å². The summed E-state index contributed by atoms with van der Waals surface area (Å²) < 4.78 is 32.0. The molecule has 0 aliphatic carbocycles. The van der Waals surface area contributed by atoms with Crippen LogP contribution in [-0.4, -0.2) is 27.5 Å². The lowest BCUT2D eigenvalue weighted by atomic mass is 10.1. The minimum absolute atomic E-state index is 0.102. The van der Waals surface area contributed by atoms with Crippen molar-refractivity contribution in [3.05, 3.63) is 28.7 Å². The van der Waals surface area contributed by atoms with Gasteiger partial charge in [0, 0.05) is 4.47 Å². The first-order chi connectivity index (χ1) is 8.77. The summed E-state index contributed by atoms with van der Waals surface area (Å²) in [5.41, 5.74) is 0. The van der Waals surface area contributed by atoms with Gasteiger partial charge in [0.05, 0.1) is 12.0 Å². The van der Waals surface area contributed by atoms with Crippen molar-refractivity contribution in [1.82, 2.24) is 4.72 Å². The molecule has 1 aromatic rings. The number of hydrogen-bond donors (Lipinski definition) is 1. The minimum atomic E-state index is -3.75. The molecule has 0 unspecified atom stereocenters. The summed E-state index contributed by atoms with van der Waals surface area (Å²) in [6.07, 6.45) is 0. The van der Waals surface area contributed by atoms with Crippen LogP contribution in [0, 0.1) is 5.92 Å². The topological polar surface area (TPSA) is 72.5 Å². The number of carbonyl (C=O) groups is 1. The van der Waals surface area contributed by atoms with Crippen molar-refractivity contribution in [1.29, 1.82) is 0 Å². The van der Waals surface area contributed by atoms with Crippen LogP contribution in [0.25, 0.3) is 0 Å². The fraction of sp³-hybridized carbons (Fsp3) is 0.417. The Kier molecular flexibility index (Phi) is 5.51. The van der Waals surface area contributed by atoms with E-state index >= 15 is 0 Å². The SMILES string of the molecule is COC(=O)[C@@H](NS(=O)(=O)c1ccc(Br)cc1)C(C)C. The molecular weight excluding hydrogens is 334 g/mol. The molecule has 0 radical (unpaired) electrons. The molecule has 1 N–H and O–H groups in total. The number of benzene rings is 1. The molecule has 0 spiro atoms. The summed E-state index contributed by atoms with van der Waals surface area (Å²) >= 11 is 3.23. The second-order valence-corrected chi connectivity index (χ2v) is 6.95. The second-order valence-electron chi connectivity index (χ2n) is 4.32. The average Bonchev–Trinajstić information content (AvgIpc) is 2.35. The van der Waals surface area contributed by atoms with Gasteiger partial charge in [-0.1, -0.05) is 29.8 Å². The highest BCUT2D eigenvalue weighted by atomic mass is 79.9. The summed E-state index contributed by atoms with van der Waals surface area (Å²) in [6.45, 7) is 3.48. The van der Waals surface area contributed by atoms with E-state index in [9.17, 15) is 13.2 Å². The summed E-state index contributed by atoms with van der Waals surface area (Å²) in [4.78, 5) is 11.7. The number of halogens is 1. The number of nitrogens with one attached hydrogen (secondary N) is 1. The van der Waals surface area contributed by atoms with Gasteiger partial charge < -0.3 is 4.74 Å². The first-order valence-corrected chi connectivity index (χ1v) is 7.91. The number of esters is 1. The lowest BCUT2D eigenvalue weighted by Gasteiger charge is -2.19. The molecule has 1 rings (SSSR count). The molecule has 0 aliphatic rings. The van der Waals surface area contributed by atoms with Gasteiger partial charge in [-0.25, -0.2) is 8.42 Å². The Morgan fingerprint density at radius 3 is 2.21 bits per heavy atom. The molecule has 0 saturated heterocycles. The second kappa shape index (κ2) is 6.49. The van der Waals surface area contributed by atoms with Crippen molar-refractivity contribution in [2.24, 2.45) is 5.92 Å². The molecule has 1 aromatic carbocycles. The molecular formula is C12H16BrNO4S. The van der Waals surface area contributed by atoms with Gasteiger partial charge >= 0.3 is 5.97 Å². The van der Waals surface area contributed by atoms with Crippen LogP contribution in [0.3, 0.4) is 0 Å². The molecule has 106 valence electrons. The summed E-state index contributed by atoms with van der Waals surface area (Å²) in [6, 6.07) is 5.26. The third kappa shape index (κ3) is 4.29. The van der Waals surface area contributed by atoms with Crippen molar-refractivity contribution in [3.63, 3.8) is 0 Å². The van der Waals surface area contributed by atoms with Crippen molar-refractivity contribution < 1.29 is 17.9 Å². The first kappa shape index (κ1) is 16.1. The molecule has 19 heavy (non-hydrogen) atoms. The van der Waals surface area contributed by atoms with E-state index in [0.717, 1.165) is 4.47 Å². The zero-order chi connectivity index (χ0) is 14.6. The van der Waals surface area contributed by atoms with Crippen LogP contribution in [0.2, 0.25) is 0 Å². The maximum Gasteiger partial charge on any atom is 0.324 e. The van der Waals surface area contributed by atoms with Crippen LogP contribution >= 0.6 is 15.9 Å². The fourth-order valence-corrected chi connectivity index (χ4v) is 3.03. The van der Waals surface area contributed by atoms with Crippen molar-refractivity contribution in [2.75, 3.05) is 7.11 Å². The lowest BCUT2D eigenvalue weighted by molar-refractivity contribution is -0.143. The highest BCUT2D eigenvalue weighted by molar-refractivity contribution is 9.10. The first-order valence-electron chi connectivity index (χ1n) is 5.63. The Bertz CT molecular complexity index is 539. The molecule has 1 atom stereocenters. The van der Waals surface area contributed by atoms with Gasteiger partial charge in [0.1, 0.15) is 6.04 Å². The molecule has 0 aromatic heterocycles. The molecule has 0 bridgehead atoms. The molecule has 5 nitrogen and oxygen atoms in total. The number of hydrogen-bond acceptors (Lipinski definition) is 4. The molecule has 0 amide bonds. The van der Waals surface area contributed by atoms with Crippen molar-refractivity contribution >= 4 is 31.9 Å². The standard InChI is InChI=1S/C12H16BrNO4S/c1-8(2)11(12(15)18-3)14-19(16,17)10-6-4-9(13)5-7-10/h4-8,11,14H,1-3H3/t11-/m0/s1. The fourth-order valence-electron chi connectivity index (χ4n) is 1.43. The number of ether oxygens (including phenoxy) is 1. The van der Waals surface area contributed by atoms with E-state index < -0.39 is 22.0 Å². The van der Waals surface area contributed by atoms with E-state index in [1.807, 2.05) is 0 Å². The molecule has 0 fully saturated rings. The predicted molar refractivity (Wildman–Crippen MR) is 75.1 cm³/mol. The van der Waals surface area contributed by atoms with Crippen LogP contribution in [0.1, 0.15) is 13.8 Å². The van der Waals surface area contributed by atoms with Crippen LogP contribution in [0.15, 0.2) is 33.6 Å². The normalized spacial score (nSPS) is 13.3. The zero-order valence-corrected chi connectivity index (χ0v) is 13.3. The average molecular weight is 350 g/mol. The van der Waals surface area contributed by atoms with E-state index in [1.54, 1.807) is 26.0 Å². The third-order valence-electron chi connectivity index (χ3n) is 2.53. The van der Waals surface area contributed by atoms with Crippen LogP contribution in [0.4, 0.5) is 0 Å². The van der Waals surface area contributed by atoms with Crippen LogP contribution < -0.4 is 4.72 Å². The highest BCUT2D eigenvalue weighted by Crippen LogP contribution is 2.16. The Balaban J connectivity index is 3.00. The van der Waals surface area contributed by atoms with E-state index in [0.29, 0.717) is 0 Å². The molecule has 0 aliphatic heterocycles. The Hall–Kier alpha value is -0.920. The number of methoxy groups -OCH3 is 1. The molecule has 0 saturated carbocycles. The van der Waals surface area contributed by atoms with Crippen LogP contribution in [-0.2, 0) is 19.6 Å². The molecule has 0 heterocycles. The van der Waals surface area contributed by atoms with Gasteiger partial charge in [-0.3, -0.25) is 4.79 Å². The van der Waals surface area contributed by atoms with E-state index in [2.05, 4.69) is 25.4 Å². The zero-order valence-electron chi connectivity index (χ0n) is 10.9. The van der Waals surface area contributed by atoms with Gasteiger partial charge in [0.25, 0.3) is 0 Å².